The number of carbonyl (C=O) groups is 3. The van der Waals surface area contributed by atoms with Gasteiger partial charge in [0.25, 0.3) is 0 Å². The van der Waals surface area contributed by atoms with Crippen LogP contribution in [0.4, 0.5) is 0 Å². The lowest BCUT2D eigenvalue weighted by molar-refractivity contribution is -0.167. The number of allylic oxidation sites excluding steroid dienone is 22. The highest BCUT2D eigenvalue weighted by Gasteiger charge is 2.19. The summed E-state index contributed by atoms with van der Waals surface area (Å²) in [4.78, 5) is 38.1. The van der Waals surface area contributed by atoms with Crippen LogP contribution in [0.25, 0.3) is 0 Å². The molecule has 68 heavy (non-hydrogen) atoms. The van der Waals surface area contributed by atoms with E-state index < -0.39 is 6.10 Å². The monoisotopic (exact) mass is 939 g/mol. The number of rotatable bonds is 47. The first kappa shape index (κ1) is 63.5. The maximum atomic E-state index is 12.8. The summed E-state index contributed by atoms with van der Waals surface area (Å²) < 4.78 is 16.8. The van der Waals surface area contributed by atoms with Gasteiger partial charge in [-0.1, -0.05) is 231 Å². The third-order valence-electron chi connectivity index (χ3n) is 11.0. The second-order valence-electron chi connectivity index (χ2n) is 17.5. The quantitative estimate of drug-likeness (QED) is 0.0199. The van der Waals surface area contributed by atoms with Gasteiger partial charge in [-0.2, -0.15) is 0 Å². The molecule has 0 saturated heterocycles. The van der Waals surface area contributed by atoms with Crippen molar-refractivity contribution in [2.45, 2.75) is 226 Å². The second kappa shape index (κ2) is 55.1. The lowest BCUT2D eigenvalue weighted by atomic mass is 10.1. The van der Waals surface area contributed by atoms with Crippen LogP contribution in [0.5, 0.6) is 0 Å². The first-order valence-electron chi connectivity index (χ1n) is 27.3. The van der Waals surface area contributed by atoms with Gasteiger partial charge in [0.15, 0.2) is 6.10 Å². The molecule has 0 aromatic rings. The number of esters is 3. The van der Waals surface area contributed by atoms with E-state index in [0.717, 1.165) is 96.3 Å². The molecule has 0 aromatic heterocycles. The second-order valence-corrected chi connectivity index (χ2v) is 17.5. The third kappa shape index (κ3) is 52.5. The predicted molar refractivity (Wildman–Crippen MR) is 292 cm³/mol. The molecular weight excluding hydrogens is 841 g/mol. The third-order valence-corrected chi connectivity index (χ3v) is 11.0. The van der Waals surface area contributed by atoms with Crippen LogP contribution in [0.3, 0.4) is 0 Å². The zero-order chi connectivity index (χ0) is 49.3. The Kier molecular flexibility index (Phi) is 51.5. The van der Waals surface area contributed by atoms with E-state index in [0.29, 0.717) is 19.3 Å². The first-order valence-corrected chi connectivity index (χ1v) is 27.3. The summed E-state index contributed by atoms with van der Waals surface area (Å²) in [5, 5.41) is 0. The Hall–Kier alpha value is -4.45. The van der Waals surface area contributed by atoms with E-state index in [2.05, 4.69) is 106 Å². The topological polar surface area (TPSA) is 78.9 Å². The Labute approximate surface area is 417 Å². The van der Waals surface area contributed by atoms with Crippen molar-refractivity contribution in [1.82, 2.24) is 0 Å². The molecule has 382 valence electrons. The maximum Gasteiger partial charge on any atom is 0.306 e. The normalized spacial score (nSPS) is 13.2. The largest absolute Gasteiger partial charge is 0.462 e. The fourth-order valence-electron chi connectivity index (χ4n) is 6.97. The average molecular weight is 939 g/mol. The highest BCUT2D eigenvalue weighted by atomic mass is 16.6. The molecule has 0 bridgehead atoms. The maximum absolute atomic E-state index is 12.8. The van der Waals surface area contributed by atoms with Crippen molar-refractivity contribution in [2.75, 3.05) is 13.2 Å². The van der Waals surface area contributed by atoms with Crippen LogP contribution in [0, 0.1) is 0 Å². The Morgan fingerprint density at radius 3 is 1.10 bits per heavy atom. The molecule has 0 aliphatic heterocycles. The van der Waals surface area contributed by atoms with Gasteiger partial charge in [-0.05, 0) is 103 Å². The van der Waals surface area contributed by atoms with Crippen molar-refractivity contribution in [3.05, 3.63) is 134 Å². The highest BCUT2D eigenvalue weighted by molar-refractivity contribution is 5.71. The van der Waals surface area contributed by atoms with Crippen molar-refractivity contribution in [3.63, 3.8) is 0 Å². The number of hydrogen-bond donors (Lipinski definition) is 0. The van der Waals surface area contributed by atoms with Gasteiger partial charge in [0.2, 0.25) is 0 Å². The van der Waals surface area contributed by atoms with Gasteiger partial charge in [-0.15, -0.1) is 0 Å². The van der Waals surface area contributed by atoms with E-state index in [1.54, 1.807) is 0 Å². The van der Waals surface area contributed by atoms with Crippen molar-refractivity contribution in [2.24, 2.45) is 0 Å². The molecule has 1 atom stereocenters. The summed E-state index contributed by atoms with van der Waals surface area (Å²) in [7, 11) is 0. The van der Waals surface area contributed by atoms with Gasteiger partial charge in [0.1, 0.15) is 13.2 Å². The van der Waals surface area contributed by atoms with Crippen LogP contribution in [-0.4, -0.2) is 37.2 Å². The molecule has 0 saturated carbocycles. The Morgan fingerprint density at radius 2 is 0.647 bits per heavy atom. The van der Waals surface area contributed by atoms with Crippen LogP contribution >= 0.6 is 0 Å². The molecule has 0 heterocycles. The van der Waals surface area contributed by atoms with E-state index in [-0.39, 0.29) is 37.5 Å². The molecule has 0 fully saturated rings. The first-order chi connectivity index (χ1) is 33.5. The van der Waals surface area contributed by atoms with Gasteiger partial charge >= 0.3 is 17.9 Å². The fourth-order valence-corrected chi connectivity index (χ4v) is 6.97. The van der Waals surface area contributed by atoms with Gasteiger partial charge in [0.05, 0.1) is 0 Å². The zero-order valence-corrected chi connectivity index (χ0v) is 43.6. The molecule has 6 heteroatoms. The van der Waals surface area contributed by atoms with E-state index in [4.69, 9.17) is 14.2 Å². The Bertz CT molecular complexity index is 1500. The molecule has 0 radical (unpaired) electrons. The Morgan fingerprint density at radius 1 is 0.324 bits per heavy atom. The Balaban J connectivity index is 4.52. The lowest BCUT2D eigenvalue weighted by Crippen LogP contribution is -2.30. The van der Waals surface area contributed by atoms with Crippen molar-refractivity contribution < 1.29 is 28.6 Å². The number of carbonyl (C=O) groups excluding carboxylic acids is 3. The van der Waals surface area contributed by atoms with Crippen LogP contribution in [0.1, 0.15) is 220 Å². The number of ether oxygens (including phenoxy) is 3. The lowest BCUT2D eigenvalue weighted by Gasteiger charge is -2.18. The molecule has 0 N–H and O–H groups in total. The molecule has 0 amide bonds. The SMILES string of the molecule is CC\C=C/C=C\C=C/C=C\C=C/CCCCCC(=O)OCC(COC(=O)CCCCCCCCCCCC/C=C\C=C/CCCCC)OC(=O)CCCCC/C=C\C/C=C\C/C=C\C/C=C\CC. The van der Waals surface area contributed by atoms with Crippen LogP contribution in [0.2, 0.25) is 0 Å². The van der Waals surface area contributed by atoms with E-state index in [9.17, 15) is 14.4 Å². The summed E-state index contributed by atoms with van der Waals surface area (Å²) in [5.74, 6) is -0.996. The molecule has 0 spiro atoms. The molecule has 1 unspecified atom stereocenters. The zero-order valence-electron chi connectivity index (χ0n) is 43.6. The summed E-state index contributed by atoms with van der Waals surface area (Å²) >= 11 is 0. The summed E-state index contributed by atoms with van der Waals surface area (Å²) in [6.45, 7) is 6.27. The smallest absolute Gasteiger partial charge is 0.306 e. The van der Waals surface area contributed by atoms with Gasteiger partial charge < -0.3 is 14.2 Å². The van der Waals surface area contributed by atoms with Gasteiger partial charge in [0, 0.05) is 19.3 Å². The minimum absolute atomic E-state index is 0.111. The van der Waals surface area contributed by atoms with Crippen LogP contribution < -0.4 is 0 Å². The molecule has 6 nitrogen and oxygen atoms in total. The fraction of sp³-hybridized carbons (Fsp3) is 0.597. The van der Waals surface area contributed by atoms with Crippen LogP contribution in [-0.2, 0) is 28.6 Å². The standard InChI is InChI=1S/C62H98O6/c1-4-7-10-13-16-19-22-25-28-30-31-32-35-37-40-43-46-49-52-55-61(64)67-58-59(57-66-60(63)54-51-48-45-42-39-36-33-27-24-21-18-15-12-9-6-3)68-62(65)56-53-50-47-44-41-38-34-29-26-23-20-17-14-11-8-5-2/h8-9,11-12,15-22,24-27,29,33,36,38-39,41,59H,4-7,10,13-14,23,28,30-32,34-35,37,40,42-58H2,1-3H3/b11-8-,12-9-,18-15-,19-16-,20-17-,24-21-,25-22-,29-26-,33-27-,39-36-,41-38-. The van der Waals surface area contributed by atoms with Gasteiger partial charge in [-0.3, -0.25) is 14.4 Å². The van der Waals surface area contributed by atoms with Crippen molar-refractivity contribution in [1.29, 1.82) is 0 Å². The minimum Gasteiger partial charge on any atom is -0.462 e. The van der Waals surface area contributed by atoms with E-state index >= 15 is 0 Å². The molecule has 0 rings (SSSR count). The van der Waals surface area contributed by atoms with E-state index in [1.165, 1.54) is 77.0 Å². The number of unbranched alkanes of at least 4 members (excludes halogenated alkanes) is 19. The van der Waals surface area contributed by atoms with Crippen LogP contribution in [0.15, 0.2) is 134 Å². The molecule has 0 aromatic carbocycles. The molecular formula is C62H98O6. The highest BCUT2D eigenvalue weighted by Crippen LogP contribution is 2.14. The summed E-state index contributed by atoms with van der Waals surface area (Å²) in [6.07, 6.45) is 77.2. The average Bonchev–Trinajstić information content (AvgIpc) is 3.34. The van der Waals surface area contributed by atoms with Crippen molar-refractivity contribution >= 4 is 17.9 Å². The molecule has 0 aliphatic carbocycles. The number of hydrogen-bond acceptors (Lipinski definition) is 6. The summed E-state index contributed by atoms with van der Waals surface area (Å²) in [6, 6.07) is 0. The van der Waals surface area contributed by atoms with Gasteiger partial charge in [-0.25, -0.2) is 0 Å². The van der Waals surface area contributed by atoms with Crippen molar-refractivity contribution in [3.8, 4) is 0 Å². The summed E-state index contributed by atoms with van der Waals surface area (Å²) in [5.41, 5.74) is 0. The minimum atomic E-state index is -0.819. The predicted octanol–water partition coefficient (Wildman–Crippen LogP) is 18.3. The molecule has 0 aliphatic rings. The van der Waals surface area contributed by atoms with E-state index in [1.807, 2.05) is 48.6 Å².